The smallest absolute Gasteiger partial charge is 0.328 e. The number of carbonyl (C=O) groups excluding carboxylic acids is 1. The van der Waals surface area contributed by atoms with Gasteiger partial charge in [-0.2, -0.15) is 0 Å². The number of fused-ring (bicyclic) bond motifs is 2. The molecule has 12 rings (SSSR count). The topological polar surface area (TPSA) is 217 Å². The van der Waals surface area contributed by atoms with Crippen LogP contribution in [0.15, 0.2) is 167 Å². The number of ketones is 1. The van der Waals surface area contributed by atoms with Gasteiger partial charge in [0.2, 0.25) is 0 Å². The first-order valence-electron chi connectivity index (χ1n) is 29.0. The molecule has 0 spiro atoms. The fourth-order valence-corrected chi connectivity index (χ4v) is 10.9. The molecular weight excluding hydrogens is 1250 g/mol. The number of nitrogens with zero attached hydrogens (tertiary/aromatic N) is 6. The Balaban J connectivity index is 0.000000177. The average molecular weight is 1310 g/mol. The number of allylic oxidation sites excluding steroid dienone is 1. The van der Waals surface area contributed by atoms with E-state index in [-0.39, 0.29) is 81.7 Å². The lowest BCUT2D eigenvalue weighted by Gasteiger charge is -2.33. The molecule has 2 aliphatic heterocycles. The van der Waals surface area contributed by atoms with Crippen molar-refractivity contribution in [3.05, 3.63) is 215 Å². The number of anilines is 2. The molecular formula is C69H57F8N9O5S2. The van der Waals surface area contributed by atoms with E-state index in [1.807, 2.05) is 12.1 Å². The van der Waals surface area contributed by atoms with Crippen molar-refractivity contribution in [1.82, 2.24) is 29.7 Å². The lowest BCUT2D eigenvalue weighted by Crippen LogP contribution is -2.42. The van der Waals surface area contributed by atoms with Crippen LogP contribution in [-0.2, 0) is 22.6 Å². The number of benzene rings is 4. The molecule has 7 N–H and O–H groups in total. The number of halogens is 8. The van der Waals surface area contributed by atoms with Gasteiger partial charge in [0.1, 0.15) is 67.6 Å². The van der Waals surface area contributed by atoms with E-state index in [4.69, 9.17) is 55.6 Å². The zero-order valence-electron chi connectivity index (χ0n) is 49.3. The number of carboxylic acid groups (broad SMARTS) is 1. The van der Waals surface area contributed by atoms with Crippen LogP contribution in [0.5, 0.6) is 0 Å². The molecule has 476 valence electrons. The molecule has 93 heavy (non-hydrogen) atoms. The van der Waals surface area contributed by atoms with Crippen molar-refractivity contribution in [2.24, 2.45) is 5.73 Å². The highest BCUT2D eigenvalue weighted by Gasteiger charge is 2.36. The number of hydrogen-bond donors (Lipinski definition) is 4. The van der Waals surface area contributed by atoms with Crippen molar-refractivity contribution in [3.8, 4) is 44.8 Å². The highest BCUT2D eigenvalue weighted by molar-refractivity contribution is 7.81. The fraction of sp³-hybridized carbons (Fsp3) is 0.188. The third-order valence-electron chi connectivity index (χ3n) is 15.3. The van der Waals surface area contributed by atoms with E-state index >= 15 is 4.39 Å². The van der Waals surface area contributed by atoms with Gasteiger partial charge in [0.25, 0.3) is 11.8 Å². The Bertz CT molecular complexity index is 4450. The molecule has 14 nitrogen and oxygen atoms in total. The van der Waals surface area contributed by atoms with Gasteiger partial charge in [-0.3, -0.25) is 14.8 Å². The summed E-state index contributed by atoms with van der Waals surface area (Å²) in [6, 6.07) is 31.2. The average Bonchev–Trinajstić information content (AvgIpc) is 1.71. The molecule has 4 aromatic carbocycles. The Labute approximate surface area is 538 Å². The monoisotopic (exact) mass is 1310 g/mol. The van der Waals surface area contributed by atoms with Crippen LogP contribution in [0.25, 0.3) is 78.9 Å². The molecule has 2 fully saturated rings. The molecule has 0 unspecified atom stereocenters. The highest BCUT2D eigenvalue weighted by Crippen LogP contribution is 2.40. The summed E-state index contributed by atoms with van der Waals surface area (Å²) in [5.74, 6) is -7.42. The third-order valence-corrected chi connectivity index (χ3v) is 16.3. The normalized spacial score (nSPS) is 14.4. The number of nitrogen functional groups attached to an aromatic ring is 2. The summed E-state index contributed by atoms with van der Waals surface area (Å²) in [5, 5.41) is 9.65. The Morgan fingerprint density at radius 2 is 0.978 bits per heavy atom. The Hall–Kier alpha value is -10.0. The molecule has 0 saturated carbocycles. The van der Waals surface area contributed by atoms with E-state index in [1.54, 1.807) is 107 Å². The molecule has 2 saturated heterocycles. The van der Waals surface area contributed by atoms with Gasteiger partial charge < -0.3 is 40.9 Å². The minimum absolute atomic E-state index is 0.122. The maximum Gasteiger partial charge on any atom is 0.328 e. The molecule has 10 aromatic rings. The van der Waals surface area contributed by atoms with Gasteiger partial charge >= 0.3 is 5.97 Å². The van der Waals surface area contributed by atoms with Crippen LogP contribution in [0.3, 0.4) is 0 Å². The second kappa shape index (κ2) is 28.6. The van der Waals surface area contributed by atoms with Crippen LogP contribution < -0.4 is 17.2 Å². The summed E-state index contributed by atoms with van der Waals surface area (Å²) in [6.45, 7) is 0.896. The number of aryl methyl sites for hydroxylation is 1. The standard InChI is InChI=1S/C35H28F4N4O2S.C26H21F4N3OS.C8H8N2O2/c36-25-4-8-28(30(37)18-25)29-17-23(31-9-3-22(20-41-31)34(46)43-13-11-35(38,39)12-14-43)15-24-16-27(45-33(24)29)7-6-26(44)5-1-21-2-10-32(40)42-19-21;27-18-2-3-20(22(28)12-18)21-11-16(9-17-10-19(13-31)34-24(17)21)23-4-1-15(14-32-23)25(35)33-7-5-26(29,30)6-8-33;9-7-3-1-6(5-10-7)2-4-8(11)12/h1-5,8-10,15-20H,6-7,11-14H2,(H2,40,42);1-4,9-12,14H,5-8,13,31H2;1-5H,(H2,9,10)(H,11,12)/b5-1+;;4-2+. The number of thiocarbonyl (C=S) groups is 2. The predicted molar refractivity (Wildman–Crippen MR) is 349 cm³/mol. The largest absolute Gasteiger partial charge is 0.478 e. The van der Waals surface area contributed by atoms with Gasteiger partial charge in [0.05, 0.1) is 17.9 Å². The van der Waals surface area contributed by atoms with Gasteiger partial charge in [-0.1, -0.05) is 24.4 Å². The van der Waals surface area contributed by atoms with E-state index in [0.717, 1.165) is 23.8 Å². The van der Waals surface area contributed by atoms with E-state index in [9.17, 15) is 40.3 Å². The number of nitrogens with two attached hydrogens (primary N) is 3. The van der Waals surface area contributed by atoms with Crippen molar-refractivity contribution < 1.29 is 58.7 Å². The number of likely N-dealkylation sites (tertiary alicyclic amines) is 2. The second-order valence-corrected chi connectivity index (χ2v) is 22.7. The molecule has 0 bridgehead atoms. The molecule has 0 amide bonds. The van der Waals surface area contributed by atoms with Gasteiger partial charge in [-0.05, 0) is 139 Å². The van der Waals surface area contributed by atoms with Crippen LogP contribution in [0.1, 0.15) is 65.9 Å². The van der Waals surface area contributed by atoms with Crippen LogP contribution in [0.4, 0.5) is 46.8 Å². The number of hydrogen-bond acceptors (Lipinski definition) is 13. The van der Waals surface area contributed by atoms with Gasteiger partial charge in [0, 0.05) is 163 Å². The molecule has 6 aromatic heterocycles. The van der Waals surface area contributed by atoms with E-state index in [2.05, 4.69) is 19.9 Å². The maximum atomic E-state index is 15.0. The summed E-state index contributed by atoms with van der Waals surface area (Å²) in [6.07, 6.45) is 11.4. The first-order chi connectivity index (χ1) is 44.5. The summed E-state index contributed by atoms with van der Waals surface area (Å²) in [4.78, 5) is 44.0. The van der Waals surface area contributed by atoms with Crippen molar-refractivity contribution in [2.45, 2.75) is 56.9 Å². The SMILES string of the molecule is NCc1cc2cc(-c3ccc(C(=S)N4CCC(F)(F)CC4)cn3)cc(-c3ccc(F)cc3F)c2o1.Nc1ccc(/C=C/C(=O)CCc2cc3cc(-c4ccc(C(=S)N5CCC(F)(F)CC5)cn4)cc(-c4ccc(F)cc4F)c3o2)cn1.Nc1ccc(/C=C/C(=O)O)cn1. The number of rotatable bonds is 14. The van der Waals surface area contributed by atoms with Crippen LogP contribution >= 0.6 is 24.4 Å². The summed E-state index contributed by atoms with van der Waals surface area (Å²) in [7, 11) is 0. The fourth-order valence-electron chi connectivity index (χ4n) is 10.3. The number of aromatic nitrogens is 4. The summed E-state index contributed by atoms with van der Waals surface area (Å²) < 4.78 is 123. The van der Waals surface area contributed by atoms with Gasteiger partial charge in [-0.25, -0.2) is 49.9 Å². The van der Waals surface area contributed by atoms with Crippen molar-refractivity contribution >= 4 is 91.9 Å². The quantitative estimate of drug-likeness (QED) is 0.0452. The lowest BCUT2D eigenvalue weighted by molar-refractivity contribution is -0.131. The number of furan rings is 2. The number of piperidine rings is 2. The third kappa shape index (κ3) is 16.7. The number of carbonyl (C=O) groups is 2. The number of aliphatic carboxylic acids is 1. The van der Waals surface area contributed by atoms with Gasteiger partial charge in [-0.15, -0.1) is 0 Å². The number of carboxylic acids is 1. The van der Waals surface area contributed by atoms with Crippen molar-refractivity contribution in [3.63, 3.8) is 0 Å². The Morgan fingerprint density at radius 3 is 1.38 bits per heavy atom. The summed E-state index contributed by atoms with van der Waals surface area (Å²) >= 11 is 11.1. The van der Waals surface area contributed by atoms with Gasteiger partial charge in [0.15, 0.2) is 5.78 Å². The minimum atomic E-state index is -2.68. The van der Waals surface area contributed by atoms with Crippen LogP contribution in [-0.4, -0.2) is 94.6 Å². The first kappa shape index (κ1) is 65.9. The van der Waals surface area contributed by atoms with Crippen LogP contribution in [0, 0.1) is 23.3 Å². The summed E-state index contributed by atoms with van der Waals surface area (Å²) in [5.41, 5.74) is 23.9. The highest BCUT2D eigenvalue weighted by atomic mass is 32.1. The first-order valence-corrected chi connectivity index (χ1v) is 29.8. The van der Waals surface area contributed by atoms with E-state index in [1.165, 1.54) is 42.6 Å². The van der Waals surface area contributed by atoms with E-state index < -0.39 is 41.1 Å². The molecule has 24 heteroatoms. The maximum absolute atomic E-state index is 15.0. The van der Waals surface area contributed by atoms with Crippen molar-refractivity contribution in [1.29, 1.82) is 0 Å². The molecule has 0 radical (unpaired) electrons. The molecule has 8 heterocycles. The van der Waals surface area contributed by atoms with E-state index in [0.29, 0.717) is 112 Å². The predicted octanol–water partition coefficient (Wildman–Crippen LogP) is 15.1. The number of alkyl halides is 4. The Kier molecular flexibility index (Phi) is 20.3. The number of pyridine rings is 4. The second-order valence-electron chi connectivity index (χ2n) is 21.9. The van der Waals surface area contributed by atoms with Crippen LogP contribution in [0.2, 0.25) is 0 Å². The zero-order valence-corrected chi connectivity index (χ0v) is 50.9. The lowest BCUT2D eigenvalue weighted by atomic mass is 9.98. The molecule has 0 atom stereocenters. The Morgan fingerprint density at radius 1 is 0.538 bits per heavy atom. The molecule has 0 aliphatic carbocycles. The molecule has 2 aliphatic rings. The minimum Gasteiger partial charge on any atom is -0.478 e. The van der Waals surface area contributed by atoms with Crippen molar-refractivity contribution in [2.75, 3.05) is 37.6 Å². The zero-order chi connectivity index (χ0) is 66.1.